The molecule has 112 valence electrons. The Labute approximate surface area is 123 Å². The van der Waals surface area contributed by atoms with E-state index in [4.69, 9.17) is 5.73 Å². The quantitative estimate of drug-likeness (QED) is 0.818. The molecule has 0 amide bonds. The molecule has 1 fully saturated rings. The van der Waals surface area contributed by atoms with Crippen LogP contribution in [0.4, 0.5) is 10.1 Å². The molecule has 1 saturated carbocycles. The maximum absolute atomic E-state index is 13.0. The molecule has 7 heteroatoms. The molecule has 0 spiro atoms. The van der Waals surface area contributed by atoms with E-state index in [1.165, 1.54) is 6.07 Å². The highest BCUT2D eigenvalue weighted by Crippen LogP contribution is 2.31. The molecule has 0 saturated heterocycles. The fraction of sp³-hybridized carbons (Fsp3) is 0.538. The predicted octanol–water partition coefficient (Wildman–Crippen LogP) is 2.36. The molecule has 2 unspecified atom stereocenters. The number of sulfonamides is 1. The highest BCUT2D eigenvalue weighted by atomic mass is 32.2. The zero-order valence-electron chi connectivity index (χ0n) is 11.3. The van der Waals surface area contributed by atoms with Gasteiger partial charge in [-0.3, -0.25) is 0 Å². The topological polar surface area (TPSA) is 72.2 Å². The van der Waals surface area contributed by atoms with Gasteiger partial charge in [-0.25, -0.2) is 17.5 Å². The van der Waals surface area contributed by atoms with Crippen LogP contribution in [-0.4, -0.2) is 25.5 Å². The van der Waals surface area contributed by atoms with Crippen LogP contribution in [0.5, 0.6) is 0 Å². The van der Waals surface area contributed by atoms with Gasteiger partial charge in [0, 0.05) is 11.3 Å². The van der Waals surface area contributed by atoms with Crippen LogP contribution >= 0.6 is 11.8 Å². The van der Waals surface area contributed by atoms with Crippen molar-refractivity contribution in [2.45, 2.75) is 42.4 Å². The highest BCUT2D eigenvalue weighted by molar-refractivity contribution is 7.99. The van der Waals surface area contributed by atoms with Crippen LogP contribution in [0.3, 0.4) is 0 Å². The summed E-state index contributed by atoms with van der Waals surface area (Å²) in [5.74, 6) is 0.497. The third-order valence-electron chi connectivity index (χ3n) is 3.37. The SMILES string of the molecule is CCSC1CCC(NS(=O)(=O)c2ccc(F)cc2N)C1. The summed E-state index contributed by atoms with van der Waals surface area (Å²) in [4.78, 5) is -0.0505. The fourth-order valence-electron chi connectivity index (χ4n) is 2.48. The number of benzene rings is 1. The van der Waals surface area contributed by atoms with E-state index in [2.05, 4.69) is 11.6 Å². The third kappa shape index (κ3) is 3.65. The van der Waals surface area contributed by atoms with Crippen LogP contribution in [0.15, 0.2) is 23.1 Å². The van der Waals surface area contributed by atoms with Crippen molar-refractivity contribution >= 4 is 27.5 Å². The summed E-state index contributed by atoms with van der Waals surface area (Å²) < 4.78 is 40.2. The molecule has 4 nitrogen and oxygen atoms in total. The molecule has 0 aromatic heterocycles. The van der Waals surface area contributed by atoms with Gasteiger partial charge < -0.3 is 5.73 Å². The second-order valence-electron chi connectivity index (χ2n) is 4.89. The van der Waals surface area contributed by atoms with Gasteiger partial charge in [0.15, 0.2) is 0 Å². The minimum absolute atomic E-state index is 0.0505. The molecular weight excluding hydrogens is 299 g/mol. The van der Waals surface area contributed by atoms with Crippen LogP contribution in [0.2, 0.25) is 0 Å². The second kappa shape index (κ2) is 6.32. The minimum Gasteiger partial charge on any atom is -0.398 e. The maximum Gasteiger partial charge on any atom is 0.242 e. The van der Waals surface area contributed by atoms with Crippen molar-refractivity contribution < 1.29 is 12.8 Å². The van der Waals surface area contributed by atoms with Gasteiger partial charge in [-0.1, -0.05) is 6.92 Å². The average molecular weight is 318 g/mol. The van der Waals surface area contributed by atoms with Gasteiger partial charge in [0.25, 0.3) is 0 Å². The summed E-state index contributed by atoms with van der Waals surface area (Å²) in [6, 6.07) is 3.28. The van der Waals surface area contributed by atoms with E-state index in [1.54, 1.807) is 0 Å². The number of nitrogens with two attached hydrogens (primary N) is 1. The molecule has 1 aromatic carbocycles. The molecule has 0 bridgehead atoms. The zero-order chi connectivity index (χ0) is 14.8. The van der Waals surface area contributed by atoms with E-state index in [0.29, 0.717) is 5.25 Å². The summed E-state index contributed by atoms with van der Waals surface area (Å²) in [5, 5.41) is 0.512. The van der Waals surface area contributed by atoms with Gasteiger partial charge in [-0.15, -0.1) is 0 Å². The Morgan fingerprint density at radius 1 is 1.45 bits per heavy atom. The largest absolute Gasteiger partial charge is 0.398 e. The lowest BCUT2D eigenvalue weighted by molar-refractivity contribution is 0.552. The first-order chi connectivity index (χ1) is 9.42. The monoisotopic (exact) mass is 318 g/mol. The minimum atomic E-state index is -3.68. The molecule has 0 radical (unpaired) electrons. The maximum atomic E-state index is 13.0. The number of hydrogen-bond acceptors (Lipinski definition) is 4. The number of nitrogen functional groups attached to an aromatic ring is 1. The van der Waals surface area contributed by atoms with E-state index in [9.17, 15) is 12.8 Å². The summed E-state index contributed by atoms with van der Waals surface area (Å²) in [7, 11) is -3.68. The van der Waals surface area contributed by atoms with Crippen molar-refractivity contribution in [2.75, 3.05) is 11.5 Å². The van der Waals surface area contributed by atoms with E-state index in [0.717, 1.165) is 37.1 Å². The Kier molecular flexibility index (Phi) is 4.93. The van der Waals surface area contributed by atoms with Gasteiger partial charge in [-0.05, 0) is 43.2 Å². The first-order valence-electron chi connectivity index (χ1n) is 6.61. The molecule has 0 heterocycles. The van der Waals surface area contributed by atoms with Crippen LogP contribution in [-0.2, 0) is 10.0 Å². The van der Waals surface area contributed by atoms with Gasteiger partial charge in [0.2, 0.25) is 10.0 Å². The number of thioether (sulfide) groups is 1. The van der Waals surface area contributed by atoms with Crippen molar-refractivity contribution in [3.8, 4) is 0 Å². The van der Waals surface area contributed by atoms with Gasteiger partial charge in [0.05, 0.1) is 5.69 Å². The Hall–Kier alpha value is -0.790. The van der Waals surface area contributed by atoms with E-state index in [-0.39, 0.29) is 16.6 Å². The molecule has 2 rings (SSSR count). The first kappa shape index (κ1) is 15.6. The molecule has 3 N–H and O–H groups in total. The number of hydrogen-bond donors (Lipinski definition) is 2. The van der Waals surface area contributed by atoms with E-state index >= 15 is 0 Å². The predicted molar refractivity (Wildman–Crippen MR) is 80.7 cm³/mol. The highest BCUT2D eigenvalue weighted by Gasteiger charge is 2.29. The van der Waals surface area contributed by atoms with Crippen molar-refractivity contribution in [3.05, 3.63) is 24.0 Å². The van der Waals surface area contributed by atoms with Crippen LogP contribution in [0, 0.1) is 5.82 Å². The molecule has 0 aliphatic heterocycles. The average Bonchev–Trinajstić information content (AvgIpc) is 2.75. The third-order valence-corrected chi connectivity index (χ3v) is 6.20. The smallest absolute Gasteiger partial charge is 0.242 e. The van der Waals surface area contributed by atoms with Crippen molar-refractivity contribution in [1.82, 2.24) is 4.72 Å². The Morgan fingerprint density at radius 2 is 2.20 bits per heavy atom. The fourth-order valence-corrected chi connectivity index (χ4v) is 5.02. The first-order valence-corrected chi connectivity index (χ1v) is 9.14. The lowest BCUT2D eigenvalue weighted by atomic mass is 10.3. The molecular formula is C13H19FN2O2S2. The standard InChI is InChI=1S/C13H19FN2O2S2/c1-2-19-11-5-4-10(8-11)16-20(17,18)13-6-3-9(14)7-12(13)15/h3,6-7,10-11,16H,2,4-5,8,15H2,1H3. The van der Waals surface area contributed by atoms with Crippen LogP contribution in [0.1, 0.15) is 26.2 Å². The Morgan fingerprint density at radius 3 is 2.85 bits per heavy atom. The van der Waals surface area contributed by atoms with Crippen LogP contribution in [0.25, 0.3) is 0 Å². The van der Waals surface area contributed by atoms with Crippen molar-refractivity contribution in [1.29, 1.82) is 0 Å². The molecule has 2 atom stereocenters. The normalized spacial score (nSPS) is 23.1. The zero-order valence-corrected chi connectivity index (χ0v) is 12.9. The van der Waals surface area contributed by atoms with Crippen molar-refractivity contribution in [3.63, 3.8) is 0 Å². The summed E-state index contributed by atoms with van der Waals surface area (Å²) in [6.45, 7) is 2.10. The van der Waals surface area contributed by atoms with Gasteiger partial charge >= 0.3 is 0 Å². The molecule has 1 aromatic rings. The van der Waals surface area contributed by atoms with Crippen molar-refractivity contribution in [2.24, 2.45) is 0 Å². The Bertz CT molecular complexity index is 578. The number of anilines is 1. The van der Waals surface area contributed by atoms with Gasteiger partial charge in [0.1, 0.15) is 10.7 Å². The van der Waals surface area contributed by atoms with E-state index in [1.807, 2.05) is 11.8 Å². The molecule has 20 heavy (non-hydrogen) atoms. The molecule has 1 aliphatic carbocycles. The Balaban J connectivity index is 2.08. The summed E-state index contributed by atoms with van der Waals surface area (Å²) in [5.41, 5.74) is 5.53. The summed E-state index contributed by atoms with van der Waals surface area (Å²) in [6.07, 6.45) is 2.68. The lowest BCUT2D eigenvalue weighted by Gasteiger charge is -2.14. The van der Waals surface area contributed by atoms with Gasteiger partial charge in [-0.2, -0.15) is 11.8 Å². The van der Waals surface area contributed by atoms with E-state index < -0.39 is 15.8 Å². The molecule has 1 aliphatic rings. The number of nitrogens with one attached hydrogen (secondary N) is 1. The second-order valence-corrected chi connectivity index (χ2v) is 8.15. The number of rotatable bonds is 5. The number of halogens is 1. The van der Waals surface area contributed by atoms with Crippen LogP contribution < -0.4 is 10.5 Å². The lowest BCUT2D eigenvalue weighted by Crippen LogP contribution is -2.33. The summed E-state index contributed by atoms with van der Waals surface area (Å²) >= 11 is 1.86.